The molecule has 0 saturated carbocycles. The van der Waals surface area contributed by atoms with Crippen molar-refractivity contribution in [3.63, 3.8) is 0 Å². The number of amides is 1. The van der Waals surface area contributed by atoms with Gasteiger partial charge in [-0.05, 0) is 49.0 Å². The van der Waals surface area contributed by atoms with E-state index in [4.69, 9.17) is 26.4 Å². The molecule has 1 amide bonds. The van der Waals surface area contributed by atoms with Crippen LogP contribution in [0.25, 0.3) is 0 Å². The Morgan fingerprint density at radius 3 is 2.48 bits per heavy atom. The van der Waals surface area contributed by atoms with Gasteiger partial charge in [-0.25, -0.2) is 0 Å². The van der Waals surface area contributed by atoms with Gasteiger partial charge in [0.2, 0.25) is 0 Å². The molecule has 1 aliphatic heterocycles. The molecule has 0 fully saturated rings. The summed E-state index contributed by atoms with van der Waals surface area (Å²) in [5, 5.41) is 9.57. The molecular formula is C21H23N3O4S. The predicted molar refractivity (Wildman–Crippen MR) is 115 cm³/mol. The second kappa shape index (κ2) is 8.83. The summed E-state index contributed by atoms with van der Waals surface area (Å²) in [5.74, 6) is 1.58. The van der Waals surface area contributed by atoms with Crippen LogP contribution < -0.4 is 30.2 Å². The van der Waals surface area contributed by atoms with E-state index in [0.717, 1.165) is 5.56 Å². The minimum Gasteiger partial charge on any atom is -0.497 e. The average molecular weight is 413 g/mol. The van der Waals surface area contributed by atoms with Crippen LogP contribution in [-0.2, 0) is 4.79 Å². The Morgan fingerprint density at radius 1 is 1.03 bits per heavy atom. The van der Waals surface area contributed by atoms with Crippen LogP contribution in [0.4, 0.5) is 5.69 Å². The van der Waals surface area contributed by atoms with Crippen molar-refractivity contribution in [3.05, 3.63) is 59.3 Å². The average Bonchev–Trinajstić information content (AvgIpc) is 2.72. The molecule has 0 aromatic heterocycles. The molecule has 152 valence electrons. The zero-order valence-electron chi connectivity index (χ0n) is 16.7. The predicted octanol–water partition coefficient (Wildman–Crippen LogP) is 3.14. The standard InChI is InChI=1S/C21H23N3O4S/c1-12-18(20(25)23-14-6-5-7-15(11-14)26-2)19(24-21(29)22-12)13-8-9-16(27-3)17(10-13)28-4/h5-11,19H,1-4H3,(H,23,25)(H2,22,24,29)/t19-/m1/s1. The highest BCUT2D eigenvalue weighted by Gasteiger charge is 2.30. The van der Waals surface area contributed by atoms with Crippen LogP contribution in [0.15, 0.2) is 53.7 Å². The van der Waals surface area contributed by atoms with Gasteiger partial charge in [0, 0.05) is 17.5 Å². The summed E-state index contributed by atoms with van der Waals surface area (Å²) in [6.45, 7) is 1.82. The second-order valence-corrected chi connectivity index (χ2v) is 6.78. The molecule has 1 aliphatic rings. The minimum absolute atomic E-state index is 0.252. The van der Waals surface area contributed by atoms with Gasteiger partial charge in [-0.1, -0.05) is 12.1 Å². The van der Waals surface area contributed by atoms with E-state index in [0.29, 0.717) is 39.3 Å². The molecule has 0 unspecified atom stereocenters. The van der Waals surface area contributed by atoms with Crippen LogP contribution in [0.3, 0.4) is 0 Å². The number of rotatable bonds is 6. The number of anilines is 1. The monoisotopic (exact) mass is 413 g/mol. The van der Waals surface area contributed by atoms with E-state index in [9.17, 15) is 4.79 Å². The first-order chi connectivity index (χ1) is 14.0. The number of carbonyl (C=O) groups excluding carboxylic acids is 1. The van der Waals surface area contributed by atoms with Gasteiger partial charge in [-0.3, -0.25) is 4.79 Å². The Kier molecular flexibility index (Phi) is 6.23. The van der Waals surface area contributed by atoms with E-state index in [-0.39, 0.29) is 5.91 Å². The fourth-order valence-corrected chi connectivity index (χ4v) is 3.45. The first-order valence-electron chi connectivity index (χ1n) is 8.92. The van der Waals surface area contributed by atoms with Crippen LogP contribution >= 0.6 is 12.2 Å². The molecule has 0 saturated heterocycles. The summed E-state index contributed by atoms with van der Waals surface area (Å²) >= 11 is 5.31. The lowest BCUT2D eigenvalue weighted by Crippen LogP contribution is -2.45. The van der Waals surface area contributed by atoms with Crippen LogP contribution in [0.1, 0.15) is 18.5 Å². The normalized spacial score (nSPS) is 15.9. The highest BCUT2D eigenvalue weighted by Crippen LogP contribution is 2.34. The first-order valence-corrected chi connectivity index (χ1v) is 9.33. The first kappa shape index (κ1) is 20.5. The number of ether oxygens (including phenoxy) is 3. The zero-order valence-corrected chi connectivity index (χ0v) is 17.5. The third-order valence-electron chi connectivity index (χ3n) is 4.58. The third-order valence-corrected chi connectivity index (χ3v) is 4.80. The van der Waals surface area contributed by atoms with Gasteiger partial charge in [0.25, 0.3) is 5.91 Å². The molecule has 2 aromatic rings. The highest BCUT2D eigenvalue weighted by atomic mass is 32.1. The van der Waals surface area contributed by atoms with Gasteiger partial charge in [0.15, 0.2) is 16.6 Å². The van der Waals surface area contributed by atoms with Crippen LogP contribution in [0.5, 0.6) is 17.2 Å². The van der Waals surface area contributed by atoms with Crippen molar-refractivity contribution >= 4 is 28.9 Å². The van der Waals surface area contributed by atoms with Crippen LogP contribution in [0.2, 0.25) is 0 Å². The molecule has 1 heterocycles. The third kappa shape index (κ3) is 4.43. The number of benzene rings is 2. The van der Waals surface area contributed by atoms with Crippen molar-refractivity contribution in [2.45, 2.75) is 13.0 Å². The van der Waals surface area contributed by atoms with Crippen LogP contribution in [0, 0.1) is 0 Å². The number of carbonyl (C=O) groups is 1. The van der Waals surface area contributed by atoms with Crippen molar-refractivity contribution in [3.8, 4) is 17.2 Å². The number of nitrogens with one attached hydrogen (secondary N) is 3. The van der Waals surface area contributed by atoms with E-state index in [2.05, 4.69) is 16.0 Å². The maximum Gasteiger partial charge on any atom is 0.255 e. The molecule has 0 spiro atoms. The lowest BCUT2D eigenvalue weighted by molar-refractivity contribution is -0.113. The Labute approximate surface area is 175 Å². The van der Waals surface area contributed by atoms with Crippen molar-refractivity contribution in [1.29, 1.82) is 0 Å². The van der Waals surface area contributed by atoms with Crippen molar-refractivity contribution in [2.24, 2.45) is 0 Å². The Morgan fingerprint density at radius 2 is 1.79 bits per heavy atom. The van der Waals surface area contributed by atoms with E-state index >= 15 is 0 Å². The van der Waals surface area contributed by atoms with E-state index < -0.39 is 6.04 Å². The maximum atomic E-state index is 13.2. The van der Waals surface area contributed by atoms with Gasteiger partial charge < -0.3 is 30.2 Å². The number of hydrogen-bond acceptors (Lipinski definition) is 5. The van der Waals surface area contributed by atoms with Crippen LogP contribution in [-0.4, -0.2) is 32.3 Å². The molecule has 8 heteroatoms. The Hall–Kier alpha value is -3.26. The van der Waals surface area contributed by atoms with Crippen molar-refractivity contribution < 1.29 is 19.0 Å². The van der Waals surface area contributed by atoms with Gasteiger partial charge in [-0.15, -0.1) is 0 Å². The number of hydrogen-bond donors (Lipinski definition) is 3. The minimum atomic E-state index is -0.450. The fourth-order valence-electron chi connectivity index (χ4n) is 3.18. The molecule has 29 heavy (non-hydrogen) atoms. The van der Waals surface area contributed by atoms with E-state index in [1.54, 1.807) is 39.5 Å². The molecule has 3 N–H and O–H groups in total. The van der Waals surface area contributed by atoms with Gasteiger partial charge in [0.05, 0.1) is 32.9 Å². The van der Waals surface area contributed by atoms with Gasteiger partial charge in [0.1, 0.15) is 5.75 Å². The smallest absolute Gasteiger partial charge is 0.255 e. The number of allylic oxidation sites excluding steroid dienone is 1. The quantitative estimate of drug-likeness (QED) is 0.628. The molecule has 0 radical (unpaired) electrons. The maximum absolute atomic E-state index is 13.2. The van der Waals surface area contributed by atoms with Crippen molar-refractivity contribution in [1.82, 2.24) is 10.6 Å². The van der Waals surface area contributed by atoms with Crippen molar-refractivity contribution in [2.75, 3.05) is 26.6 Å². The molecule has 0 bridgehead atoms. The Balaban J connectivity index is 1.96. The second-order valence-electron chi connectivity index (χ2n) is 6.37. The number of thiocarbonyl (C=S) groups is 1. The van der Waals surface area contributed by atoms with Gasteiger partial charge >= 0.3 is 0 Å². The summed E-state index contributed by atoms with van der Waals surface area (Å²) in [5.41, 5.74) is 2.65. The summed E-state index contributed by atoms with van der Waals surface area (Å²) in [4.78, 5) is 13.2. The lowest BCUT2D eigenvalue weighted by Gasteiger charge is -2.30. The summed E-state index contributed by atoms with van der Waals surface area (Å²) in [6, 6.07) is 12.2. The SMILES string of the molecule is COc1cccc(NC(=O)C2=C(C)NC(=S)N[C@@H]2c2ccc(OC)c(OC)c2)c1. The summed E-state index contributed by atoms with van der Waals surface area (Å²) in [7, 11) is 4.72. The Bertz CT molecular complexity index is 974. The molecule has 1 atom stereocenters. The number of methoxy groups -OCH3 is 3. The molecule has 7 nitrogen and oxygen atoms in total. The molecule has 3 rings (SSSR count). The fraction of sp³-hybridized carbons (Fsp3) is 0.238. The summed E-state index contributed by atoms with van der Waals surface area (Å²) in [6.07, 6.45) is 0. The van der Waals surface area contributed by atoms with E-state index in [1.165, 1.54) is 0 Å². The molecule has 2 aromatic carbocycles. The van der Waals surface area contributed by atoms with Gasteiger partial charge in [-0.2, -0.15) is 0 Å². The zero-order chi connectivity index (χ0) is 21.0. The largest absolute Gasteiger partial charge is 0.497 e. The summed E-state index contributed by atoms with van der Waals surface area (Å²) < 4.78 is 15.9. The molecule has 0 aliphatic carbocycles. The molecular weight excluding hydrogens is 390 g/mol. The highest BCUT2D eigenvalue weighted by molar-refractivity contribution is 7.80. The lowest BCUT2D eigenvalue weighted by atomic mass is 9.94. The van der Waals surface area contributed by atoms with E-state index in [1.807, 2.05) is 31.2 Å². The topological polar surface area (TPSA) is 80.9 Å².